The minimum absolute atomic E-state index is 0.145. The molecule has 0 saturated carbocycles. The van der Waals surface area contributed by atoms with Gasteiger partial charge in [0.15, 0.2) is 0 Å². The minimum atomic E-state index is -2.07. The lowest BCUT2D eigenvalue weighted by atomic mass is 9.86. The number of halogens is 1. The first-order valence-electron chi connectivity index (χ1n) is 6.38. The molecule has 1 rings (SSSR count). The average Bonchev–Trinajstić information content (AvgIpc) is 2.50. The van der Waals surface area contributed by atoms with Crippen molar-refractivity contribution in [3.63, 3.8) is 0 Å². The number of methoxy groups -OCH3 is 1. The Morgan fingerprint density at radius 2 is 1.95 bits per heavy atom. The number of carbonyl (C=O) groups excluding carboxylic acids is 2. The molecule has 0 heterocycles. The van der Waals surface area contributed by atoms with E-state index < -0.39 is 17.5 Å². The second kappa shape index (κ2) is 7.91. The Balaban J connectivity index is 3.37. The van der Waals surface area contributed by atoms with Crippen molar-refractivity contribution in [2.24, 2.45) is 0 Å². The molecule has 0 unspecified atom stereocenters. The third-order valence-electron chi connectivity index (χ3n) is 2.96. The highest BCUT2D eigenvalue weighted by molar-refractivity contribution is 9.10. The summed E-state index contributed by atoms with van der Waals surface area (Å²) in [6.45, 7) is 4.52. The monoisotopic (exact) mass is 368 g/mol. The van der Waals surface area contributed by atoms with Crippen molar-refractivity contribution in [2.45, 2.75) is 12.5 Å². The van der Waals surface area contributed by atoms with Gasteiger partial charge in [0.2, 0.25) is 5.60 Å². The van der Waals surface area contributed by atoms with Gasteiger partial charge in [-0.3, -0.25) is 4.79 Å². The van der Waals surface area contributed by atoms with Crippen molar-refractivity contribution in [1.82, 2.24) is 0 Å². The minimum Gasteiger partial charge on any atom is -0.466 e. The van der Waals surface area contributed by atoms with Crippen molar-refractivity contribution in [2.75, 3.05) is 13.7 Å². The van der Waals surface area contributed by atoms with Crippen LogP contribution in [0.15, 0.2) is 53.0 Å². The number of rotatable bonds is 6. The lowest BCUT2D eigenvalue weighted by molar-refractivity contribution is -0.161. The topological polar surface area (TPSA) is 72.8 Å². The highest BCUT2D eigenvalue weighted by Gasteiger charge is 2.43. The zero-order valence-electron chi connectivity index (χ0n) is 12.3. The Hall–Kier alpha value is -1.92. The van der Waals surface area contributed by atoms with E-state index in [0.717, 1.165) is 4.47 Å². The van der Waals surface area contributed by atoms with Crippen molar-refractivity contribution in [3.8, 4) is 0 Å². The molecule has 6 heteroatoms. The first-order chi connectivity index (χ1) is 10.4. The van der Waals surface area contributed by atoms with Crippen LogP contribution in [0.3, 0.4) is 0 Å². The van der Waals surface area contributed by atoms with E-state index in [1.165, 1.54) is 26.2 Å². The summed E-state index contributed by atoms with van der Waals surface area (Å²) >= 11 is 3.29. The number of esters is 2. The van der Waals surface area contributed by atoms with Crippen molar-refractivity contribution in [3.05, 3.63) is 58.6 Å². The maximum absolute atomic E-state index is 12.2. The number of carbonyl (C=O) groups is 2. The second-order valence-electron chi connectivity index (χ2n) is 4.42. The molecule has 5 nitrogen and oxygen atoms in total. The summed E-state index contributed by atoms with van der Waals surface area (Å²) in [5.41, 5.74) is -1.63. The zero-order chi connectivity index (χ0) is 16.8. The van der Waals surface area contributed by atoms with Crippen LogP contribution >= 0.6 is 15.9 Å². The average molecular weight is 369 g/mol. The van der Waals surface area contributed by atoms with Crippen LogP contribution < -0.4 is 0 Å². The van der Waals surface area contributed by atoms with Crippen molar-refractivity contribution < 1.29 is 24.2 Å². The van der Waals surface area contributed by atoms with Gasteiger partial charge in [0.25, 0.3) is 0 Å². The van der Waals surface area contributed by atoms with Gasteiger partial charge >= 0.3 is 11.9 Å². The van der Waals surface area contributed by atoms with E-state index in [4.69, 9.17) is 9.47 Å². The molecule has 0 amide bonds. The molecule has 118 valence electrons. The van der Waals surface area contributed by atoms with E-state index in [1.54, 1.807) is 24.3 Å². The Kier molecular flexibility index (Phi) is 6.52. The molecular weight excluding hydrogens is 352 g/mol. The van der Waals surface area contributed by atoms with Crippen molar-refractivity contribution in [1.29, 1.82) is 0 Å². The largest absolute Gasteiger partial charge is 0.466 e. The van der Waals surface area contributed by atoms with Gasteiger partial charge in [-0.1, -0.05) is 46.8 Å². The van der Waals surface area contributed by atoms with Gasteiger partial charge in [0.05, 0.1) is 7.11 Å². The van der Waals surface area contributed by atoms with Gasteiger partial charge in [-0.2, -0.15) is 0 Å². The predicted octanol–water partition coefficient (Wildman–Crippen LogP) is 2.49. The molecule has 0 spiro atoms. The quantitative estimate of drug-likeness (QED) is 0.616. The molecule has 0 aliphatic carbocycles. The van der Waals surface area contributed by atoms with Gasteiger partial charge < -0.3 is 14.6 Å². The van der Waals surface area contributed by atoms with Crippen LogP contribution in [0, 0.1) is 0 Å². The number of allylic oxidation sites excluding steroid dienone is 2. The third kappa shape index (κ3) is 4.05. The molecule has 1 N–H and O–H groups in total. The fourth-order valence-corrected chi connectivity index (χ4v) is 2.13. The number of hydrogen-bond donors (Lipinski definition) is 1. The fourth-order valence-electron chi connectivity index (χ4n) is 1.87. The first-order valence-corrected chi connectivity index (χ1v) is 7.17. The summed E-state index contributed by atoms with van der Waals surface area (Å²) in [7, 11) is 1.17. The number of aliphatic hydroxyl groups is 1. The van der Waals surface area contributed by atoms with Gasteiger partial charge in [-0.25, -0.2) is 4.79 Å². The summed E-state index contributed by atoms with van der Waals surface area (Å²) < 4.78 is 10.4. The molecule has 0 saturated heterocycles. The molecule has 0 fully saturated rings. The van der Waals surface area contributed by atoms with Gasteiger partial charge in [-0.05, 0) is 17.7 Å². The van der Waals surface area contributed by atoms with E-state index in [9.17, 15) is 14.7 Å². The summed E-state index contributed by atoms with van der Waals surface area (Å²) in [6, 6.07) is 6.51. The van der Waals surface area contributed by atoms with Crippen LogP contribution in [0.4, 0.5) is 0 Å². The third-order valence-corrected chi connectivity index (χ3v) is 3.49. The SMILES string of the molecule is C=C/C=C(\COC(C)=O)[C@@](O)(C(=O)OC)c1ccc(Br)cc1. The smallest absolute Gasteiger partial charge is 0.347 e. The lowest BCUT2D eigenvalue weighted by Gasteiger charge is -2.28. The normalized spacial score (nSPS) is 13.9. The van der Waals surface area contributed by atoms with Gasteiger partial charge in [0.1, 0.15) is 6.61 Å². The van der Waals surface area contributed by atoms with Crippen LogP contribution in [0.5, 0.6) is 0 Å². The molecule has 0 aromatic heterocycles. The summed E-state index contributed by atoms with van der Waals surface area (Å²) in [5, 5.41) is 10.9. The van der Waals surface area contributed by atoms with Crippen LogP contribution in [-0.4, -0.2) is 30.8 Å². The number of benzene rings is 1. The van der Waals surface area contributed by atoms with Crippen LogP contribution in [0.25, 0.3) is 0 Å². The van der Waals surface area contributed by atoms with Gasteiger partial charge in [0, 0.05) is 17.0 Å². The highest BCUT2D eigenvalue weighted by atomic mass is 79.9. The fraction of sp³-hybridized carbons (Fsp3) is 0.250. The number of hydrogen-bond acceptors (Lipinski definition) is 5. The second-order valence-corrected chi connectivity index (χ2v) is 5.33. The summed E-state index contributed by atoms with van der Waals surface area (Å²) in [4.78, 5) is 23.2. The van der Waals surface area contributed by atoms with E-state index >= 15 is 0 Å². The van der Waals surface area contributed by atoms with E-state index in [2.05, 4.69) is 22.5 Å². The molecular formula is C16H17BrO5. The molecule has 1 aromatic rings. The van der Waals surface area contributed by atoms with Crippen LogP contribution in [-0.2, 0) is 24.7 Å². The summed E-state index contributed by atoms with van der Waals surface area (Å²) in [5.74, 6) is -1.41. The first kappa shape index (κ1) is 18.1. The molecule has 0 bridgehead atoms. The maximum atomic E-state index is 12.2. The van der Waals surface area contributed by atoms with E-state index in [-0.39, 0.29) is 12.2 Å². The van der Waals surface area contributed by atoms with Crippen LogP contribution in [0.1, 0.15) is 12.5 Å². The molecule has 0 radical (unpaired) electrons. The Bertz CT molecular complexity index is 591. The molecule has 0 aliphatic heterocycles. The summed E-state index contributed by atoms with van der Waals surface area (Å²) in [6.07, 6.45) is 2.81. The van der Waals surface area contributed by atoms with E-state index in [0.29, 0.717) is 5.56 Å². The van der Waals surface area contributed by atoms with Crippen molar-refractivity contribution >= 4 is 27.9 Å². The Labute approximate surface area is 137 Å². The standard InChI is InChI=1S/C16H17BrO5/c1-4-5-13(10-22-11(2)18)16(20,15(19)21-3)12-6-8-14(17)9-7-12/h4-9,20H,1,10H2,2-3H3/b13-5+/t16-/m1/s1. The Morgan fingerprint density at radius 3 is 2.41 bits per heavy atom. The number of ether oxygens (including phenoxy) is 2. The van der Waals surface area contributed by atoms with Crippen LogP contribution in [0.2, 0.25) is 0 Å². The molecule has 0 aliphatic rings. The Morgan fingerprint density at radius 1 is 1.36 bits per heavy atom. The molecule has 1 aromatic carbocycles. The van der Waals surface area contributed by atoms with Gasteiger partial charge in [-0.15, -0.1) is 0 Å². The van der Waals surface area contributed by atoms with E-state index in [1.807, 2.05) is 0 Å². The maximum Gasteiger partial charge on any atom is 0.347 e. The molecule has 22 heavy (non-hydrogen) atoms. The molecule has 1 atom stereocenters. The highest BCUT2D eigenvalue weighted by Crippen LogP contribution is 2.32. The lowest BCUT2D eigenvalue weighted by Crippen LogP contribution is -2.40. The zero-order valence-corrected chi connectivity index (χ0v) is 13.9. The predicted molar refractivity (Wildman–Crippen MR) is 85.0 cm³/mol.